The van der Waals surface area contributed by atoms with E-state index in [0.29, 0.717) is 29.5 Å². The van der Waals surface area contributed by atoms with Gasteiger partial charge in [0.05, 0.1) is 5.69 Å². The van der Waals surface area contributed by atoms with Crippen LogP contribution in [-0.2, 0) is 6.42 Å². The van der Waals surface area contributed by atoms with Crippen LogP contribution in [0.4, 0.5) is 18.9 Å². The first-order chi connectivity index (χ1) is 9.23. The van der Waals surface area contributed by atoms with Gasteiger partial charge in [-0.05, 0) is 53.4 Å². The smallest absolute Gasteiger partial charge is 0.362 e. The molecule has 0 aliphatic rings. The molecule has 0 aliphatic heterocycles. The molecule has 0 fully saturated rings. The molecule has 0 bridgehead atoms. The number of hydrogen-bond donors (Lipinski definition) is 1. The van der Waals surface area contributed by atoms with Crippen molar-refractivity contribution < 1.29 is 13.2 Å². The highest BCUT2D eigenvalue weighted by Gasteiger charge is 2.31. The fraction of sp³-hybridized carbons (Fsp3) is 0.571. The van der Waals surface area contributed by atoms with Gasteiger partial charge in [0.25, 0.3) is 0 Å². The Hall–Kier alpha value is -0.750. The Bertz CT molecular complexity index is 433. The number of anilines is 1. The minimum absolute atomic E-state index is 0.0228. The zero-order chi connectivity index (χ0) is 15.3. The zero-order valence-corrected chi connectivity index (χ0v) is 13.3. The summed E-state index contributed by atoms with van der Waals surface area (Å²) in [7, 11) is 0. The average Bonchev–Trinajstić information content (AvgIpc) is 2.25. The molecule has 1 atom stereocenters. The van der Waals surface area contributed by atoms with E-state index in [0.717, 1.165) is 5.56 Å². The molecule has 0 aliphatic carbocycles. The molecular formula is C14H20BrF3N2. The van der Waals surface area contributed by atoms with E-state index in [9.17, 15) is 13.2 Å². The Balaban J connectivity index is 2.96. The van der Waals surface area contributed by atoms with Crippen molar-refractivity contribution in [2.24, 2.45) is 5.73 Å². The van der Waals surface area contributed by atoms with E-state index in [1.807, 2.05) is 26.0 Å². The van der Waals surface area contributed by atoms with Crippen LogP contribution >= 0.6 is 15.9 Å². The summed E-state index contributed by atoms with van der Waals surface area (Å²) in [6.07, 6.45) is -2.85. The highest BCUT2D eigenvalue weighted by molar-refractivity contribution is 9.10. The Morgan fingerprint density at radius 2 is 2.00 bits per heavy atom. The number of hydrogen-bond acceptors (Lipinski definition) is 2. The van der Waals surface area contributed by atoms with Gasteiger partial charge in [-0.2, -0.15) is 13.2 Å². The van der Waals surface area contributed by atoms with Gasteiger partial charge in [-0.3, -0.25) is 0 Å². The summed E-state index contributed by atoms with van der Waals surface area (Å²) in [5.41, 5.74) is 7.31. The van der Waals surface area contributed by atoms with Crippen molar-refractivity contribution in [3.63, 3.8) is 0 Å². The molecule has 0 saturated heterocycles. The van der Waals surface area contributed by atoms with Crippen LogP contribution in [0.15, 0.2) is 22.7 Å². The molecule has 2 N–H and O–H groups in total. The summed E-state index contributed by atoms with van der Waals surface area (Å²) in [6.45, 7) is 3.19. The number of nitrogens with two attached hydrogens (primary N) is 1. The van der Waals surface area contributed by atoms with Crippen molar-refractivity contribution >= 4 is 21.6 Å². The fourth-order valence-corrected chi connectivity index (χ4v) is 2.75. The highest BCUT2D eigenvalue weighted by atomic mass is 79.9. The number of nitrogens with zero attached hydrogens (tertiary/aromatic N) is 1. The standard InChI is InChI=1S/C14H20BrF3N2/c1-3-6-20(9-14(16,17)18)13-5-4-11(7-10(2)19)8-12(13)15/h4-5,8,10H,3,6-7,9,19H2,1-2H3. The summed E-state index contributed by atoms with van der Waals surface area (Å²) in [6, 6.07) is 5.43. The van der Waals surface area contributed by atoms with Crippen molar-refractivity contribution in [3.05, 3.63) is 28.2 Å². The third-order valence-corrected chi connectivity index (χ3v) is 3.41. The van der Waals surface area contributed by atoms with Crippen LogP contribution in [-0.4, -0.2) is 25.3 Å². The van der Waals surface area contributed by atoms with Gasteiger partial charge in [-0.1, -0.05) is 13.0 Å². The van der Waals surface area contributed by atoms with Crippen molar-refractivity contribution in [2.45, 2.75) is 38.9 Å². The van der Waals surface area contributed by atoms with Crippen molar-refractivity contribution in [3.8, 4) is 0 Å². The minimum Gasteiger partial charge on any atom is -0.362 e. The lowest BCUT2D eigenvalue weighted by molar-refractivity contribution is -0.119. The first kappa shape index (κ1) is 17.3. The molecule has 0 saturated carbocycles. The largest absolute Gasteiger partial charge is 0.405 e. The highest BCUT2D eigenvalue weighted by Crippen LogP contribution is 2.30. The van der Waals surface area contributed by atoms with Gasteiger partial charge in [-0.15, -0.1) is 0 Å². The minimum atomic E-state index is -4.21. The molecule has 114 valence electrons. The molecule has 0 amide bonds. The average molecular weight is 353 g/mol. The predicted octanol–water partition coefficient (Wildman–Crippen LogP) is 4.12. The number of rotatable bonds is 6. The van der Waals surface area contributed by atoms with E-state index in [1.165, 1.54) is 4.90 Å². The van der Waals surface area contributed by atoms with Gasteiger partial charge < -0.3 is 10.6 Å². The van der Waals surface area contributed by atoms with Crippen LogP contribution in [0.2, 0.25) is 0 Å². The Labute approximate surface area is 126 Å². The van der Waals surface area contributed by atoms with E-state index >= 15 is 0 Å². The SMILES string of the molecule is CCCN(CC(F)(F)F)c1ccc(CC(C)N)cc1Br. The third kappa shape index (κ3) is 5.71. The third-order valence-electron chi connectivity index (χ3n) is 2.77. The lowest BCUT2D eigenvalue weighted by Crippen LogP contribution is -2.35. The molecule has 1 aromatic rings. The molecular weight excluding hydrogens is 333 g/mol. The molecule has 20 heavy (non-hydrogen) atoms. The number of benzene rings is 1. The molecule has 1 unspecified atom stereocenters. The van der Waals surface area contributed by atoms with Crippen molar-refractivity contribution in [2.75, 3.05) is 18.0 Å². The van der Waals surface area contributed by atoms with Crippen molar-refractivity contribution in [1.82, 2.24) is 0 Å². The molecule has 1 rings (SSSR count). The molecule has 0 aromatic heterocycles. The molecule has 0 heterocycles. The predicted molar refractivity (Wildman–Crippen MR) is 80.1 cm³/mol. The summed E-state index contributed by atoms with van der Waals surface area (Å²) >= 11 is 3.37. The molecule has 2 nitrogen and oxygen atoms in total. The van der Waals surface area contributed by atoms with Crippen LogP contribution in [0.25, 0.3) is 0 Å². The monoisotopic (exact) mass is 352 g/mol. The fourth-order valence-electron chi connectivity index (χ4n) is 2.08. The van der Waals surface area contributed by atoms with Gasteiger partial charge >= 0.3 is 6.18 Å². The normalized spacial score (nSPS) is 13.3. The van der Waals surface area contributed by atoms with Crippen LogP contribution in [0, 0.1) is 0 Å². The van der Waals surface area contributed by atoms with E-state index in [1.54, 1.807) is 6.07 Å². The number of alkyl halides is 3. The Morgan fingerprint density at radius 1 is 1.35 bits per heavy atom. The van der Waals surface area contributed by atoms with Gasteiger partial charge in [0, 0.05) is 17.1 Å². The Kier molecular flexibility index (Phi) is 6.33. The first-order valence-corrected chi connectivity index (χ1v) is 7.38. The quantitative estimate of drug-likeness (QED) is 0.834. The second-order valence-corrected chi connectivity index (χ2v) is 5.86. The maximum absolute atomic E-state index is 12.6. The summed E-state index contributed by atoms with van der Waals surface area (Å²) in [5.74, 6) is 0. The molecule has 0 radical (unpaired) electrons. The lowest BCUT2D eigenvalue weighted by Gasteiger charge is -2.27. The summed E-state index contributed by atoms with van der Waals surface area (Å²) < 4.78 is 38.5. The lowest BCUT2D eigenvalue weighted by atomic mass is 10.1. The maximum atomic E-state index is 12.6. The Morgan fingerprint density at radius 3 is 2.45 bits per heavy atom. The van der Waals surface area contributed by atoms with E-state index in [-0.39, 0.29) is 6.04 Å². The molecule has 0 spiro atoms. The van der Waals surface area contributed by atoms with E-state index < -0.39 is 12.7 Å². The second kappa shape index (κ2) is 7.31. The van der Waals surface area contributed by atoms with Crippen LogP contribution < -0.4 is 10.6 Å². The topological polar surface area (TPSA) is 29.3 Å². The maximum Gasteiger partial charge on any atom is 0.405 e. The van der Waals surface area contributed by atoms with Crippen LogP contribution in [0.3, 0.4) is 0 Å². The molecule has 6 heteroatoms. The number of halogens is 4. The first-order valence-electron chi connectivity index (χ1n) is 6.58. The summed E-state index contributed by atoms with van der Waals surface area (Å²) in [5, 5.41) is 0. The van der Waals surface area contributed by atoms with Gasteiger partial charge in [0.2, 0.25) is 0 Å². The van der Waals surface area contributed by atoms with Gasteiger partial charge in [0.1, 0.15) is 6.54 Å². The molecule has 1 aromatic carbocycles. The van der Waals surface area contributed by atoms with E-state index in [2.05, 4.69) is 15.9 Å². The summed E-state index contributed by atoms with van der Waals surface area (Å²) in [4.78, 5) is 1.35. The van der Waals surface area contributed by atoms with Crippen LogP contribution in [0.5, 0.6) is 0 Å². The zero-order valence-electron chi connectivity index (χ0n) is 11.7. The van der Waals surface area contributed by atoms with Crippen LogP contribution in [0.1, 0.15) is 25.8 Å². The second-order valence-electron chi connectivity index (χ2n) is 5.00. The van der Waals surface area contributed by atoms with Gasteiger partial charge in [0.15, 0.2) is 0 Å². The van der Waals surface area contributed by atoms with E-state index in [4.69, 9.17) is 5.73 Å². The van der Waals surface area contributed by atoms with Gasteiger partial charge in [-0.25, -0.2) is 0 Å². The van der Waals surface area contributed by atoms with Crippen molar-refractivity contribution in [1.29, 1.82) is 0 Å².